The zero-order valence-electron chi connectivity index (χ0n) is 13.1. The average molecular weight is 289 g/mol. The Labute approximate surface area is 125 Å². The standard InChI is InChI=1S/C16H23N3O2/c1-12(2)18-9-13-6-8-19(10-13)11-14-16(21-4)15(20-3)5-7-17-14/h5-8,10,12,18H,9,11H2,1-4H3. The molecule has 0 aromatic carbocycles. The highest BCUT2D eigenvalue weighted by Crippen LogP contribution is 2.29. The summed E-state index contributed by atoms with van der Waals surface area (Å²) >= 11 is 0. The maximum atomic E-state index is 5.41. The summed E-state index contributed by atoms with van der Waals surface area (Å²) in [4.78, 5) is 4.40. The molecule has 2 rings (SSSR count). The predicted octanol–water partition coefficient (Wildman–Crippen LogP) is 2.45. The summed E-state index contributed by atoms with van der Waals surface area (Å²) in [5, 5.41) is 3.41. The summed E-state index contributed by atoms with van der Waals surface area (Å²) in [6, 6.07) is 4.39. The molecule has 21 heavy (non-hydrogen) atoms. The lowest BCUT2D eigenvalue weighted by atomic mass is 10.3. The van der Waals surface area contributed by atoms with Crippen LogP contribution in [0.3, 0.4) is 0 Å². The number of rotatable bonds is 7. The van der Waals surface area contributed by atoms with Crippen LogP contribution in [0, 0.1) is 0 Å². The molecule has 114 valence electrons. The van der Waals surface area contributed by atoms with Gasteiger partial charge in [-0.15, -0.1) is 0 Å². The third kappa shape index (κ3) is 3.98. The van der Waals surface area contributed by atoms with Gasteiger partial charge in [-0.1, -0.05) is 13.8 Å². The summed E-state index contributed by atoms with van der Waals surface area (Å²) in [5.74, 6) is 1.40. The van der Waals surface area contributed by atoms with E-state index in [0.29, 0.717) is 24.1 Å². The van der Waals surface area contributed by atoms with E-state index in [0.717, 1.165) is 12.2 Å². The van der Waals surface area contributed by atoms with Crippen LogP contribution in [-0.4, -0.2) is 29.8 Å². The molecule has 5 heteroatoms. The summed E-state index contributed by atoms with van der Waals surface area (Å²) in [7, 11) is 3.27. The van der Waals surface area contributed by atoms with E-state index in [9.17, 15) is 0 Å². The molecule has 0 unspecified atom stereocenters. The van der Waals surface area contributed by atoms with E-state index in [4.69, 9.17) is 9.47 Å². The molecule has 0 fully saturated rings. The highest BCUT2D eigenvalue weighted by atomic mass is 16.5. The second-order valence-corrected chi connectivity index (χ2v) is 5.22. The van der Waals surface area contributed by atoms with Crippen molar-refractivity contribution in [2.45, 2.75) is 33.0 Å². The van der Waals surface area contributed by atoms with E-state index in [1.807, 2.05) is 0 Å². The molecule has 2 aromatic rings. The van der Waals surface area contributed by atoms with E-state index in [2.05, 4.69) is 47.2 Å². The van der Waals surface area contributed by atoms with Crippen molar-refractivity contribution in [2.24, 2.45) is 0 Å². The Morgan fingerprint density at radius 1 is 1.24 bits per heavy atom. The Kier molecular flexibility index (Phi) is 5.22. The van der Waals surface area contributed by atoms with Crippen LogP contribution in [0.2, 0.25) is 0 Å². The molecule has 0 aliphatic rings. The van der Waals surface area contributed by atoms with E-state index in [-0.39, 0.29) is 0 Å². The molecule has 2 heterocycles. The number of pyridine rings is 1. The smallest absolute Gasteiger partial charge is 0.184 e. The predicted molar refractivity (Wildman–Crippen MR) is 82.9 cm³/mol. The van der Waals surface area contributed by atoms with Gasteiger partial charge in [-0.05, 0) is 11.6 Å². The first-order valence-electron chi connectivity index (χ1n) is 7.08. The van der Waals surface area contributed by atoms with Gasteiger partial charge in [-0.25, -0.2) is 0 Å². The molecule has 0 saturated heterocycles. The van der Waals surface area contributed by atoms with E-state index in [1.54, 1.807) is 26.5 Å². The summed E-state index contributed by atoms with van der Waals surface area (Å²) in [5.41, 5.74) is 2.11. The second-order valence-electron chi connectivity index (χ2n) is 5.22. The lowest BCUT2D eigenvalue weighted by molar-refractivity contribution is 0.348. The molecule has 0 aliphatic heterocycles. The zero-order valence-corrected chi connectivity index (χ0v) is 13.1. The first kappa shape index (κ1) is 15.4. The summed E-state index contributed by atoms with van der Waals surface area (Å²) < 4.78 is 12.8. The number of nitrogens with one attached hydrogen (secondary N) is 1. The molecular weight excluding hydrogens is 266 g/mol. The van der Waals surface area contributed by atoms with E-state index < -0.39 is 0 Å². The first-order valence-corrected chi connectivity index (χ1v) is 7.08. The minimum atomic E-state index is 0.480. The van der Waals surface area contributed by atoms with Crippen LogP contribution in [0.25, 0.3) is 0 Å². The maximum absolute atomic E-state index is 5.41. The lowest BCUT2D eigenvalue weighted by Crippen LogP contribution is -2.21. The van der Waals surface area contributed by atoms with Crippen LogP contribution in [0.15, 0.2) is 30.7 Å². The van der Waals surface area contributed by atoms with Crippen molar-refractivity contribution in [3.63, 3.8) is 0 Å². The quantitative estimate of drug-likeness (QED) is 0.850. The van der Waals surface area contributed by atoms with Crippen LogP contribution in [0.4, 0.5) is 0 Å². The maximum Gasteiger partial charge on any atom is 0.184 e. The molecule has 0 amide bonds. The molecule has 0 bridgehead atoms. The van der Waals surface area contributed by atoms with Gasteiger partial charge in [0.15, 0.2) is 11.5 Å². The third-order valence-electron chi connectivity index (χ3n) is 3.22. The van der Waals surface area contributed by atoms with Gasteiger partial charge in [0.25, 0.3) is 0 Å². The molecule has 0 atom stereocenters. The largest absolute Gasteiger partial charge is 0.493 e. The lowest BCUT2D eigenvalue weighted by Gasteiger charge is -2.12. The fraction of sp³-hybridized carbons (Fsp3) is 0.438. The number of hydrogen-bond acceptors (Lipinski definition) is 4. The highest BCUT2D eigenvalue weighted by molar-refractivity contribution is 5.42. The summed E-state index contributed by atoms with van der Waals surface area (Å²) in [6.45, 7) is 5.81. The van der Waals surface area contributed by atoms with Crippen molar-refractivity contribution in [3.05, 3.63) is 42.0 Å². The molecule has 0 radical (unpaired) electrons. The van der Waals surface area contributed by atoms with Gasteiger partial charge in [0.1, 0.15) is 5.69 Å². The topological polar surface area (TPSA) is 48.3 Å². The molecule has 0 spiro atoms. The number of nitrogens with zero attached hydrogens (tertiary/aromatic N) is 2. The van der Waals surface area contributed by atoms with Gasteiger partial charge in [0.2, 0.25) is 0 Å². The first-order chi connectivity index (χ1) is 10.1. The Hall–Kier alpha value is -2.01. The van der Waals surface area contributed by atoms with Gasteiger partial charge >= 0.3 is 0 Å². The third-order valence-corrected chi connectivity index (χ3v) is 3.22. The molecule has 5 nitrogen and oxygen atoms in total. The van der Waals surface area contributed by atoms with Gasteiger partial charge in [0.05, 0.1) is 20.8 Å². The van der Waals surface area contributed by atoms with Crippen LogP contribution in [-0.2, 0) is 13.1 Å². The van der Waals surface area contributed by atoms with Crippen LogP contribution >= 0.6 is 0 Å². The average Bonchev–Trinajstić information content (AvgIpc) is 2.92. The molecule has 0 aliphatic carbocycles. The number of methoxy groups -OCH3 is 2. The highest BCUT2D eigenvalue weighted by Gasteiger charge is 2.11. The van der Waals surface area contributed by atoms with E-state index >= 15 is 0 Å². The monoisotopic (exact) mass is 289 g/mol. The molecule has 0 saturated carbocycles. The van der Waals surface area contributed by atoms with Crippen molar-refractivity contribution < 1.29 is 9.47 Å². The second kappa shape index (κ2) is 7.13. The van der Waals surface area contributed by atoms with Crippen LogP contribution in [0.5, 0.6) is 11.5 Å². The van der Waals surface area contributed by atoms with Crippen molar-refractivity contribution in [1.29, 1.82) is 0 Å². The number of ether oxygens (including phenoxy) is 2. The fourth-order valence-corrected chi connectivity index (χ4v) is 2.15. The molecular formula is C16H23N3O2. The Bertz CT molecular complexity index is 579. The van der Waals surface area contributed by atoms with Gasteiger partial charge in [-0.2, -0.15) is 0 Å². The minimum absolute atomic E-state index is 0.480. The van der Waals surface area contributed by atoms with Gasteiger partial charge in [0, 0.05) is 37.2 Å². The Morgan fingerprint density at radius 2 is 2.05 bits per heavy atom. The Balaban J connectivity index is 2.11. The molecule has 2 aromatic heterocycles. The zero-order chi connectivity index (χ0) is 15.2. The Morgan fingerprint density at radius 3 is 2.71 bits per heavy atom. The summed E-state index contributed by atoms with van der Waals surface area (Å²) in [6.07, 6.45) is 5.91. The number of hydrogen-bond donors (Lipinski definition) is 1. The van der Waals surface area contributed by atoms with Crippen LogP contribution in [0.1, 0.15) is 25.1 Å². The fourth-order valence-electron chi connectivity index (χ4n) is 2.15. The minimum Gasteiger partial charge on any atom is -0.493 e. The SMILES string of the molecule is COc1ccnc(Cn2ccc(CNC(C)C)c2)c1OC. The van der Waals surface area contributed by atoms with Gasteiger partial charge < -0.3 is 19.4 Å². The number of aromatic nitrogens is 2. The van der Waals surface area contributed by atoms with Crippen molar-refractivity contribution in [3.8, 4) is 11.5 Å². The van der Waals surface area contributed by atoms with Crippen LogP contribution < -0.4 is 14.8 Å². The van der Waals surface area contributed by atoms with E-state index in [1.165, 1.54) is 5.56 Å². The van der Waals surface area contributed by atoms with Crippen molar-refractivity contribution in [2.75, 3.05) is 14.2 Å². The molecule has 1 N–H and O–H groups in total. The van der Waals surface area contributed by atoms with Crippen molar-refractivity contribution >= 4 is 0 Å². The van der Waals surface area contributed by atoms with Crippen molar-refractivity contribution in [1.82, 2.24) is 14.9 Å². The van der Waals surface area contributed by atoms with Gasteiger partial charge in [-0.3, -0.25) is 4.98 Å². The normalized spacial score (nSPS) is 10.9.